The minimum atomic E-state index is -1.38. The highest BCUT2D eigenvalue weighted by Gasteiger charge is 2.20. The number of carbonyl (C=O) groups excluding carboxylic acids is 1. The lowest BCUT2D eigenvalue weighted by molar-refractivity contribution is 0.0651. The van der Waals surface area contributed by atoms with Gasteiger partial charge in [-0.25, -0.2) is 9.59 Å². The molecule has 0 fully saturated rings. The standard InChI is InChI=1S/C16H12O5S/c1-22-13-5-3-2-4-11(13)14(17)9-6-7-10(15(18)19)12(8-9)16(20)21/h2-8H,1H3,(H,18,19)(H,20,21). The Bertz CT molecular complexity index is 767. The van der Waals surface area contributed by atoms with Gasteiger partial charge < -0.3 is 10.2 Å². The lowest BCUT2D eigenvalue weighted by atomic mass is 9.98. The maximum Gasteiger partial charge on any atom is 0.336 e. The van der Waals surface area contributed by atoms with Crippen LogP contribution >= 0.6 is 11.8 Å². The van der Waals surface area contributed by atoms with E-state index in [1.54, 1.807) is 24.3 Å². The molecule has 2 N–H and O–H groups in total. The number of rotatable bonds is 5. The van der Waals surface area contributed by atoms with Crippen LogP contribution in [0.2, 0.25) is 0 Å². The molecule has 2 aromatic carbocycles. The number of thioether (sulfide) groups is 1. The Morgan fingerprint density at radius 2 is 1.50 bits per heavy atom. The molecule has 0 aliphatic carbocycles. The molecule has 5 nitrogen and oxygen atoms in total. The van der Waals surface area contributed by atoms with Crippen molar-refractivity contribution in [1.29, 1.82) is 0 Å². The second kappa shape index (κ2) is 6.44. The van der Waals surface area contributed by atoms with E-state index in [0.717, 1.165) is 17.0 Å². The van der Waals surface area contributed by atoms with Crippen molar-refractivity contribution in [2.24, 2.45) is 0 Å². The van der Waals surface area contributed by atoms with E-state index in [9.17, 15) is 14.4 Å². The predicted molar refractivity (Wildman–Crippen MR) is 82.0 cm³/mol. The van der Waals surface area contributed by atoms with Crippen molar-refractivity contribution >= 4 is 29.5 Å². The van der Waals surface area contributed by atoms with Crippen molar-refractivity contribution < 1.29 is 24.6 Å². The third-order valence-electron chi connectivity index (χ3n) is 3.09. The number of carbonyl (C=O) groups is 3. The zero-order valence-electron chi connectivity index (χ0n) is 11.6. The largest absolute Gasteiger partial charge is 0.478 e. The van der Waals surface area contributed by atoms with Crippen LogP contribution in [0.5, 0.6) is 0 Å². The molecule has 112 valence electrons. The van der Waals surface area contributed by atoms with Crippen LogP contribution in [0.25, 0.3) is 0 Å². The van der Waals surface area contributed by atoms with Gasteiger partial charge in [0.15, 0.2) is 5.78 Å². The lowest BCUT2D eigenvalue weighted by Gasteiger charge is -2.08. The van der Waals surface area contributed by atoms with Crippen molar-refractivity contribution in [3.63, 3.8) is 0 Å². The molecule has 6 heteroatoms. The van der Waals surface area contributed by atoms with E-state index in [-0.39, 0.29) is 16.9 Å². The van der Waals surface area contributed by atoms with Crippen molar-refractivity contribution in [2.75, 3.05) is 6.26 Å². The monoisotopic (exact) mass is 316 g/mol. The fraction of sp³-hybridized carbons (Fsp3) is 0.0625. The highest BCUT2D eigenvalue weighted by Crippen LogP contribution is 2.23. The van der Waals surface area contributed by atoms with Gasteiger partial charge in [0.25, 0.3) is 0 Å². The van der Waals surface area contributed by atoms with E-state index in [1.807, 2.05) is 6.26 Å². The first-order valence-corrected chi connectivity index (χ1v) is 7.46. The number of carboxylic acids is 2. The lowest BCUT2D eigenvalue weighted by Crippen LogP contribution is -2.11. The number of aromatic carboxylic acids is 2. The van der Waals surface area contributed by atoms with Crippen molar-refractivity contribution in [1.82, 2.24) is 0 Å². The van der Waals surface area contributed by atoms with Crippen LogP contribution in [0.3, 0.4) is 0 Å². The van der Waals surface area contributed by atoms with Gasteiger partial charge in [-0.2, -0.15) is 0 Å². The molecule has 0 radical (unpaired) electrons. The number of carboxylic acid groups (broad SMARTS) is 2. The second-order valence-corrected chi connectivity index (χ2v) is 5.25. The molecule has 0 heterocycles. The van der Waals surface area contributed by atoms with Crippen molar-refractivity contribution in [3.05, 3.63) is 64.7 Å². The molecule has 22 heavy (non-hydrogen) atoms. The average molecular weight is 316 g/mol. The molecule has 0 bridgehead atoms. The zero-order chi connectivity index (χ0) is 16.3. The quantitative estimate of drug-likeness (QED) is 0.651. The molecule has 0 aliphatic heterocycles. The molecule has 0 aromatic heterocycles. The third kappa shape index (κ3) is 3.01. The van der Waals surface area contributed by atoms with Gasteiger partial charge in [0, 0.05) is 16.0 Å². The van der Waals surface area contributed by atoms with Crippen LogP contribution < -0.4 is 0 Å². The third-order valence-corrected chi connectivity index (χ3v) is 3.89. The Morgan fingerprint density at radius 3 is 2.09 bits per heavy atom. The summed E-state index contributed by atoms with van der Waals surface area (Å²) >= 11 is 1.41. The van der Waals surface area contributed by atoms with Crippen LogP contribution in [0.15, 0.2) is 47.4 Å². The van der Waals surface area contributed by atoms with Crippen molar-refractivity contribution in [3.8, 4) is 0 Å². The van der Waals surface area contributed by atoms with Gasteiger partial charge >= 0.3 is 11.9 Å². The molecule has 2 aromatic rings. The summed E-state index contributed by atoms with van der Waals surface area (Å²) in [5.41, 5.74) is -0.152. The van der Waals surface area contributed by atoms with Crippen molar-refractivity contribution in [2.45, 2.75) is 4.90 Å². The number of benzene rings is 2. The summed E-state index contributed by atoms with van der Waals surface area (Å²) in [5.74, 6) is -3.07. The molecule has 0 amide bonds. The summed E-state index contributed by atoms with van der Waals surface area (Å²) in [6.07, 6.45) is 1.84. The van der Waals surface area contributed by atoms with Gasteiger partial charge in [-0.3, -0.25) is 4.79 Å². The van der Waals surface area contributed by atoms with E-state index in [4.69, 9.17) is 10.2 Å². The molecule has 0 unspecified atom stereocenters. The summed E-state index contributed by atoms with van der Waals surface area (Å²) < 4.78 is 0. The smallest absolute Gasteiger partial charge is 0.336 e. The van der Waals surface area contributed by atoms with Crippen LogP contribution in [-0.2, 0) is 0 Å². The number of ketones is 1. The fourth-order valence-corrected chi connectivity index (χ4v) is 2.63. The van der Waals surface area contributed by atoms with E-state index < -0.39 is 17.5 Å². The molecule has 0 aliphatic rings. The highest BCUT2D eigenvalue weighted by molar-refractivity contribution is 7.98. The maximum atomic E-state index is 12.5. The second-order valence-electron chi connectivity index (χ2n) is 4.40. The summed E-state index contributed by atoms with van der Waals surface area (Å²) in [7, 11) is 0. The summed E-state index contributed by atoms with van der Waals surface area (Å²) in [4.78, 5) is 35.5. The first-order valence-electron chi connectivity index (χ1n) is 6.24. The minimum Gasteiger partial charge on any atom is -0.478 e. The Morgan fingerprint density at radius 1 is 0.864 bits per heavy atom. The molecule has 0 saturated carbocycles. The number of hydrogen-bond donors (Lipinski definition) is 2. The molecule has 0 spiro atoms. The first-order chi connectivity index (χ1) is 10.5. The minimum absolute atomic E-state index is 0.143. The predicted octanol–water partition coefficient (Wildman–Crippen LogP) is 3.04. The average Bonchev–Trinajstić information content (AvgIpc) is 2.53. The van der Waals surface area contributed by atoms with Gasteiger partial charge in [-0.05, 0) is 30.5 Å². The summed E-state index contributed by atoms with van der Waals surface area (Å²) in [5, 5.41) is 18.1. The fourth-order valence-electron chi connectivity index (χ4n) is 2.04. The topological polar surface area (TPSA) is 91.7 Å². The SMILES string of the molecule is CSc1ccccc1C(=O)c1ccc(C(=O)O)c(C(=O)O)c1. The maximum absolute atomic E-state index is 12.5. The van der Waals surface area contributed by atoms with E-state index in [1.165, 1.54) is 17.8 Å². The Balaban J connectivity index is 2.53. The highest BCUT2D eigenvalue weighted by atomic mass is 32.2. The van der Waals surface area contributed by atoms with E-state index >= 15 is 0 Å². The summed E-state index contributed by atoms with van der Waals surface area (Å²) in [6.45, 7) is 0. The summed E-state index contributed by atoms with van der Waals surface area (Å²) in [6, 6.07) is 10.5. The normalized spacial score (nSPS) is 10.2. The van der Waals surface area contributed by atoms with Crippen LogP contribution in [0.1, 0.15) is 36.6 Å². The Hall–Kier alpha value is -2.60. The number of hydrogen-bond acceptors (Lipinski definition) is 4. The van der Waals surface area contributed by atoms with E-state index in [2.05, 4.69) is 0 Å². The van der Waals surface area contributed by atoms with Crippen LogP contribution in [0.4, 0.5) is 0 Å². The van der Waals surface area contributed by atoms with Crippen LogP contribution in [-0.4, -0.2) is 34.2 Å². The molecular formula is C16H12O5S. The van der Waals surface area contributed by atoms with Gasteiger partial charge in [-0.1, -0.05) is 18.2 Å². The van der Waals surface area contributed by atoms with Crippen LogP contribution in [0, 0.1) is 0 Å². The van der Waals surface area contributed by atoms with Gasteiger partial charge in [0.1, 0.15) is 0 Å². The van der Waals surface area contributed by atoms with Gasteiger partial charge in [-0.15, -0.1) is 11.8 Å². The Labute approximate surface area is 130 Å². The Kier molecular flexibility index (Phi) is 4.62. The zero-order valence-corrected chi connectivity index (χ0v) is 12.4. The molecule has 0 atom stereocenters. The van der Waals surface area contributed by atoms with Gasteiger partial charge in [0.2, 0.25) is 0 Å². The van der Waals surface area contributed by atoms with Gasteiger partial charge in [0.05, 0.1) is 11.1 Å². The van der Waals surface area contributed by atoms with E-state index in [0.29, 0.717) is 5.56 Å². The molecule has 2 rings (SSSR count). The molecular weight excluding hydrogens is 304 g/mol. The first kappa shape index (κ1) is 15.8. The molecule has 0 saturated heterocycles.